The van der Waals surface area contributed by atoms with E-state index >= 15 is 0 Å². The number of hydrogen-bond acceptors (Lipinski definition) is 1. The van der Waals surface area contributed by atoms with Crippen LogP contribution in [-0.2, 0) is 20.0 Å². The summed E-state index contributed by atoms with van der Waals surface area (Å²) in [6.45, 7) is 11.0. The number of benzene rings is 1. The summed E-state index contributed by atoms with van der Waals surface area (Å²) >= 11 is 2.08. The van der Waals surface area contributed by atoms with Crippen molar-refractivity contribution in [1.29, 1.82) is 0 Å². The Morgan fingerprint density at radius 2 is 1.79 bits per heavy atom. The summed E-state index contributed by atoms with van der Waals surface area (Å²) in [7, 11) is 0. The van der Waals surface area contributed by atoms with E-state index in [0.29, 0.717) is 6.61 Å². The van der Waals surface area contributed by atoms with E-state index in [1.807, 2.05) is 49.4 Å². The van der Waals surface area contributed by atoms with Crippen LogP contribution in [0.1, 0.15) is 41.0 Å². The molecule has 0 heterocycles. The molecule has 24 heavy (non-hydrogen) atoms. The molecule has 0 unspecified atom stereocenters. The molecule has 0 saturated carbocycles. The third-order valence-corrected chi connectivity index (χ3v) is 2.72. The average Bonchev–Trinajstić information content (AvgIpc) is 3.13. The number of rotatable bonds is 4. The van der Waals surface area contributed by atoms with Gasteiger partial charge in [0, 0.05) is 0 Å². The summed E-state index contributed by atoms with van der Waals surface area (Å²) < 4.78 is 7.03. The van der Waals surface area contributed by atoms with Crippen molar-refractivity contribution < 1.29 is 24.7 Å². The van der Waals surface area contributed by atoms with Crippen LogP contribution in [-0.4, -0.2) is 10.4 Å². The molecule has 0 bridgehead atoms. The van der Waals surface area contributed by atoms with Crippen LogP contribution in [0, 0.1) is 6.08 Å². The van der Waals surface area contributed by atoms with Crippen LogP contribution < -0.4 is 4.74 Å². The van der Waals surface area contributed by atoms with Gasteiger partial charge in [0.1, 0.15) is 12.4 Å². The third kappa shape index (κ3) is 15.5. The molecular formula is C22H29OTi. The maximum Gasteiger partial charge on any atom is -0.109 e. The van der Waals surface area contributed by atoms with Crippen molar-refractivity contribution in [1.82, 2.24) is 0 Å². The molecule has 0 spiro atoms. The predicted octanol–water partition coefficient (Wildman–Crippen LogP) is 6.03. The Hall–Kier alpha value is -1.44. The van der Waals surface area contributed by atoms with Crippen molar-refractivity contribution in [3.05, 3.63) is 77.9 Å². The van der Waals surface area contributed by atoms with Gasteiger partial charge in [0.05, 0.1) is 0 Å². The van der Waals surface area contributed by atoms with E-state index in [1.54, 1.807) is 0 Å². The van der Waals surface area contributed by atoms with Gasteiger partial charge in [-0.1, -0.05) is 35.9 Å². The summed E-state index contributed by atoms with van der Waals surface area (Å²) in [5.41, 5.74) is 2.50. The van der Waals surface area contributed by atoms with Gasteiger partial charge >= 0.3 is 37.6 Å². The molecule has 1 aliphatic rings. The monoisotopic (exact) mass is 357 g/mol. The first-order valence-electron chi connectivity index (χ1n) is 8.17. The van der Waals surface area contributed by atoms with Gasteiger partial charge in [-0.15, -0.1) is 6.42 Å². The fourth-order valence-electron chi connectivity index (χ4n) is 1.57. The van der Waals surface area contributed by atoms with E-state index in [0.717, 1.165) is 12.2 Å². The predicted molar refractivity (Wildman–Crippen MR) is 103 cm³/mol. The smallest absolute Gasteiger partial charge is 0.109 e. The van der Waals surface area contributed by atoms with Crippen molar-refractivity contribution in [3.63, 3.8) is 0 Å². The molecular weight excluding hydrogens is 328 g/mol. The van der Waals surface area contributed by atoms with E-state index in [-0.39, 0.29) is 0 Å². The second kappa shape index (κ2) is 15.1. The summed E-state index contributed by atoms with van der Waals surface area (Å²) in [5, 5.41) is 0. The molecule has 127 valence electrons. The minimum Gasteiger partial charge on any atom is -0.273 e. The summed E-state index contributed by atoms with van der Waals surface area (Å²) in [4.78, 5) is 0. The normalized spacial score (nSPS) is 12.8. The van der Waals surface area contributed by atoms with E-state index in [2.05, 4.69) is 72.0 Å². The number of hydrogen-bond donors (Lipinski definition) is 0. The van der Waals surface area contributed by atoms with Crippen molar-refractivity contribution in [2.45, 2.75) is 41.0 Å². The summed E-state index contributed by atoms with van der Waals surface area (Å²) in [6, 6.07) is 9.88. The van der Waals surface area contributed by atoms with Crippen LogP contribution >= 0.6 is 0 Å². The van der Waals surface area contributed by atoms with Crippen LogP contribution in [0.15, 0.2) is 71.9 Å². The molecule has 0 aromatic heterocycles. The molecule has 0 saturated heterocycles. The maximum atomic E-state index is 5.62. The Morgan fingerprint density at radius 1 is 1.17 bits per heavy atom. The topological polar surface area (TPSA) is 9.23 Å². The number of allylic oxidation sites excluding steroid dienone is 7. The molecule has 1 nitrogen and oxygen atoms in total. The van der Waals surface area contributed by atoms with E-state index < -0.39 is 0 Å². The van der Waals surface area contributed by atoms with Gasteiger partial charge in [-0.2, -0.15) is 6.08 Å². The van der Waals surface area contributed by atoms with Crippen LogP contribution in [0.2, 0.25) is 0 Å². The fraction of sp³-hybridized carbons (Fsp3) is 0.318. The van der Waals surface area contributed by atoms with Gasteiger partial charge in [0.25, 0.3) is 0 Å². The Morgan fingerprint density at radius 3 is 2.21 bits per heavy atom. The molecule has 0 N–H and O–H groups in total. The molecule has 0 atom stereocenters. The summed E-state index contributed by atoms with van der Waals surface area (Å²) in [5.74, 6) is 0.920. The molecule has 0 radical (unpaired) electrons. The van der Waals surface area contributed by atoms with E-state index in [1.165, 1.54) is 15.0 Å². The van der Waals surface area contributed by atoms with Gasteiger partial charge in [-0.3, -0.25) is 6.08 Å². The fourth-order valence-corrected chi connectivity index (χ4v) is 1.57. The van der Waals surface area contributed by atoms with Crippen LogP contribution in [0.3, 0.4) is 0 Å². The maximum absolute atomic E-state index is 5.62. The molecule has 0 amide bonds. The Balaban J connectivity index is 0.000000478. The first-order chi connectivity index (χ1) is 11.5. The quantitative estimate of drug-likeness (QED) is 0.363. The second-order valence-electron chi connectivity index (χ2n) is 5.63. The molecule has 2 rings (SSSR count). The molecule has 1 aromatic carbocycles. The molecule has 1 aliphatic carbocycles. The average molecular weight is 357 g/mol. The van der Waals surface area contributed by atoms with Crippen LogP contribution in [0.4, 0.5) is 0 Å². The van der Waals surface area contributed by atoms with E-state index in [9.17, 15) is 0 Å². The number of para-hydroxylation sites is 1. The standard InChI is InChI=1S/C14H18O.C5H5.C3H6.Ti/c1-4-12(2)10-13(3)11-15-14-8-6-5-7-9-14;1-2-4-5-3-1;1-3-2;/h4-10H,11H2,1-3H3;1-3H,4H2;1-2H3;/q;-1;;+1. The van der Waals surface area contributed by atoms with Crippen LogP contribution in [0.5, 0.6) is 5.75 Å². The first kappa shape index (κ1) is 22.6. The number of ether oxygens (including phenoxy) is 1. The molecule has 0 fully saturated rings. The van der Waals surface area contributed by atoms with Gasteiger partial charge in [-0.25, -0.2) is 12.2 Å². The van der Waals surface area contributed by atoms with Crippen molar-refractivity contribution in [2.24, 2.45) is 0 Å². The van der Waals surface area contributed by atoms with Gasteiger partial charge in [0.15, 0.2) is 0 Å². The zero-order valence-electron chi connectivity index (χ0n) is 15.6. The minimum absolute atomic E-state index is 0.648. The molecule has 1 aromatic rings. The van der Waals surface area contributed by atoms with Gasteiger partial charge in [-0.05, 0) is 38.5 Å². The Kier molecular flexibility index (Phi) is 14.2. The SMILES string of the molecule is CC=C(C)C=C(C)COc1ccccc1.C[C](C)=[Ti+].[C-]1=CC=CC1. The van der Waals surface area contributed by atoms with Gasteiger partial charge < -0.3 is 4.74 Å². The Bertz CT molecular complexity index is 563. The van der Waals surface area contributed by atoms with Crippen molar-refractivity contribution in [3.8, 4) is 5.75 Å². The Labute approximate surface area is 159 Å². The summed E-state index contributed by atoms with van der Waals surface area (Å²) in [6.07, 6.45) is 14.2. The zero-order chi connectivity index (χ0) is 18.2. The molecule has 0 aliphatic heterocycles. The third-order valence-electron chi connectivity index (χ3n) is 2.72. The van der Waals surface area contributed by atoms with Crippen molar-refractivity contribution >= 4 is 3.81 Å². The van der Waals surface area contributed by atoms with Crippen LogP contribution in [0.25, 0.3) is 0 Å². The van der Waals surface area contributed by atoms with E-state index in [4.69, 9.17) is 4.74 Å². The van der Waals surface area contributed by atoms with Gasteiger partial charge in [0.2, 0.25) is 0 Å². The van der Waals surface area contributed by atoms with Crippen molar-refractivity contribution in [2.75, 3.05) is 6.61 Å². The molecule has 2 heteroatoms. The minimum atomic E-state index is 0.648. The zero-order valence-corrected chi connectivity index (χ0v) is 17.2. The largest absolute Gasteiger partial charge is 0.273 e. The second-order valence-corrected chi connectivity index (χ2v) is 7.19. The first-order valence-corrected chi connectivity index (χ1v) is 8.95.